The van der Waals surface area contributed by atoms with Gasteiger partial charge < -0.3 is 10.6 Å². The summed E-state index contributed by atoms with van der Waals surface area (Å²) in [5.74, 6) is -0.973. The summed E-state index contributed by atoms with van der Waals surface area (Å²) < 4.78 is 14.6. The van der Waals surface area contributed by atoms with Gasteiger partial charge in [0.05, 0.1) is 22.0 Å². The quantitative estimate of drug-likeness (QED) is 0.480. The number of carbonyl (C=O) groups is 2. The fourth-order valence-corrected chi connectivity index (χ4v) is 2.90. The summed E-state index contributed by atoms with van der Waals surface area (Å²) in [7, 11) is 0. The molecular weight excluding hydrogens is 421 g/mol. The first-order valence-corrected chi connectivity index (χ1v) is 9.52. The summed E-state index contributed by atoms with van der Waals surface area (Å²) in [6.07, 6.45) is 3.01. The van der Waals surface area contributed by atoms with Crippen LogP contribution in [0.1, 0.15) is 20.8 Å². The standard InChI is InChI=1S/C22H15ClFN5O2/c23-14-5-10-20(25-13-14)27-21(30)17-3-1-2-4-18(17)26-22(31)19-11-12-29(28-19)16-8-6-15(24)7-9-16/h1-13H,(H,26,31)(H,25,27,30). The van der Waals surface area contributed by atoms with Crippen molar-refractivity contribution in [3.63, 3.8) is 0 Å². The average molecular weight is 436 g/mol. The molecule has 2 aromatic heterocycles. The number of amides is 2. The second-order valence-electron chi connectivity index (χ2n) is 6.44. The van der Waals surface area contributed by atoms with Gasteiger partial charge in [-0.1, -0.05) is 23.7 Å². The molecule has 4 aromatic rings. The maximum Gasteiger partial charge on any atom is 0.276 e. The minimum absolute atomic E-state index is 0.138. The molecule has 0 fully saturated rings. The van der Waals surface area contributed by atoms with Gasteiger partial charge in [0.2, 0.25) is 0 Å². The molecule has 2 amide bonds. The normalized spacial score (nSPS) is 10.5. The summed E-state index contributed by atoms with van der Waals surface area (Å²) in [4.78, 5) is 29.4. The largest absolute Gasteiger partial charge is 0.320 e. The van der Waals surface area contributed by atoms with Gasteiger partial charge in [0.15, 0.2) is 5.69 Å². The highest BCUT2D eigenvalue weighted by Gasteiger charge is 2.16. The molecule has 0 spiro atoms. The predicted octanol–water partition coefficient (Wildman–Crippen LogP) is 4.56. The van der Waals surface area contributed by atoms with Gasteiger partial charge >= 0.3 is 0 Å². The Kier molecular flexibility index (Phi) is 5.72. The van der Waals surface area contributed by atoms with E-state index in [1.807, 2.05) is 0 Å². The Labute approximate surface area is 181 Å². The minimum atomic E-state index is -0.495. The van der Waals surface area contributed by atoms with Gasteiger partial charge in [-0.25, -0.2) is 14.1 Å². The first-order valence-electron chi connectivity index (χ1n) is 9.14. The smallest absolute Gasteiger partial charge is 0.276 e. The molecule has 0 aliphatic heterocycles. The molecule has 0 unspecified atom stereocenters. The number of halogens is 2. The highest BCUT2D eigenvalue weighted by atomic mass is 35.5. The van der Waals surface area contributed by atoms with Crippen LogP contribution in [-0.2, 0) is 0 Å². The SMILES string of the molecule is O=C(Nc1ccccc1C(=O)Nc1ccc(Cl)cn1)c1ccn(-c2ccc(F)cc2)n1. The maximum absolute atomic E-state index is 13.1. The van der Waals surface area contributed by atoms with Crippen LogP contribution in [0.4, 0.5) is 15.9 Å². The van der Waals surface area contributed by atoms with E-state index in [1.54, 1.807) is 54.7 Å². The molecule has 0 radical (unpaired) electrons. The lowest BCUT2D eigenvalue weighted by Gasteiger charge is -2.10. The molecule has 0 aliphatic rings. The number of nitrogens with one attached hydrogen (secondary N) is 2. The summed E-state index contributed by atoms with van der Waals surface area (Å²) in [6, 6.07) is 17.0. The van der Waals surface area contributed by atoms with Gasteiger partial charge in [0, 0.05) is 12.4 Å². The van der Waals surface area contributed by atoms with Gasteiger partial charge in [-0.05, 0) is 54.6 Å². The van der Waals surface area contributed by atoms with E-state index in [2.05, 4.69) is 20.7 Å². The number of benzene rings is 2. The number of pyridine rings is 1. The van der Waals surface area contributed by atoms with E-state index >= 15 is 0 Å². The highest BCUT2D eigenvalue weighted by Crippen LogP contribution is 2.19. The Balaban J connectivity index is 1.51. The molecule has 4 rings (SSSR count). The van der Waals surface area contributed by atoms with E-state index in [1.165, 1.54) is 29.1 Å². The third-order valence-corrected chi connectivity index (χ3v) is 4.53. The van der Waals surface area contributed by atoms with Crippen molar-refractivity contribution in [3.8, 4) is 5.69 Å². The van der Waals surface area contributed by atoms with Crippen molar-refractivity contribution >= 4 is 34.9 Å². The third-order valence-electron chi connectivity index (χ3n) is 4.30. The van der Waals surface area contributed by atoms with E-state index < -0.39 is 11.8 Å². The van der Waals surface area contributed by atoms with Crippen molar-refractivity contribution in [3.05, 3.63) is 101 Å². The predicted molar refractivity (Wildman–Crippen MR) is 115 cm³/mol. The van der Waals surface area contributed by atoms with Crippen molar-refractivity contribution in [2.75, 3.05) is 10.6 Å². The van der Waals surface area contributed by atoms with Crippen LogP contribution in [0, 0.1) is 5.82 Å². The number of carbonyl (C=O) groups excluding carboxylic acids is 2. The minimum Gasteiger partial charge on any atom is -0.320 e. The monoisotopic (exact) mass is 435 g/mol. The van der Waals surface area contributed by atoms with E-state index in [9.17, 15) is 14.0 Å². The Morgan fingerprint density at radius 1 is 0.903 bits per heavy atom. The molecule has 31 heavy (non-hydrogen) atoms. The Bertz CT molecular complexity index is 1240. The number of hydrogen-bond acceptors (Lipinski definition) is 4. The van der Waals surface area contributed by atoms with Gasteiger partial charge in [0.25, 0.3) is 11.8 Å². The number of hydrogen-bond donors (Lipinski definition) is 2. The van der Waals surface area contributed by atoms with Crippen LogP contribution in [0.2, 0.25) is 5.02 Å². The molecular formula is C22H15ClFN5O2. The molecule has 0 atom stereocenters. The second-order valence-corrected chi connectivity index (χ2v) is 6.87. The third kappa shape index (κ3) is 4.76. The van der Waals surface area contributed by atoms with Crippen molar-refractivity contribution in [1.82, 2.24) is 14.8 Å². The maximum atomic E-state index is 13.1. The Morgan fingerprint density at radius 2 is 1.68 bits per heavy atom. The zero-order valence-corrected chi connectivity index (χ0v) is 16.7. The van der Waals surface area contributed by atoms with Gasteiger partial charge in [-0.3, -0.25) is 9.59 Å². The molecule has 154 valence electrons. The van der Waals surface area contributed by atoms with Crippen molar-refractivity contribution in [2.45, 2.75) is 0 Å². The number of aromatic nitrogens is 3. The molecule has 9 heteroatoms. The molecule has 0 bridgehead atoms. The van der Waals surface area contributed by atoms with Crippen LogP contribution in [-0.4, -0.2) is 26.6 Å². The summed E-state index contributed by atoms with van der Waals surface area (Å²) >= 11 is 5.81. The number of nitrogens with zero attached hydrogens (tertiary/aromatic N) is 3. The fraction of sp³-hybridized carbons (Fsp3) is 0. The fourth-order valence-electron chi connectivity index (χ4n) is 2.79. The lowest BCUT2D eigenvalue weighted by atomic mass is 10.1. The summed E-state index contributed by atoms with van der Waals surface area (Å²) in [6.45, 7) is 0. The zero-order valence-electron chi connectivity index (χ0n) is 15.9. The molecule has 2 N–H and O–H groups in total. The van der Waals surface area contributed by atoms with Crippen molar-refractivity contribution < 1.29 is 14.0 Å². The number of rotatable bonds is 5. The van der Waals surface area contributed by atoms with E-state index in [0.29, 0.717) is 22.2 Å². The second kappa shape index (κ2) is 8.76. The van der Waals surface area contributed by atoms with Crippen molar-refractivity contribution in [1.29, 1.82) is 0 Å². The van der Waals surface area contributed by atoms with Crippen LogP contribution in [0.5, 0.6) is 0 Å². The number of anilines is 2. The first-order chi connectivity index (χ1) is 15.0. The van der Waals surface area contributed by atoms with Crippen molar-refractivity contribution in [2.24, 2.45) is 0 Å². The first kappa shape index (κ1) is 20.2. The van der Waals surface area contributed by atoms with Crippen LogP contribution in [0.15, 0.2) is 79.1 Å². The Morgan fingerprint density at radius 3 is 2.42 bits per heavy atom. The van der Waals surface area contributed by atoms with Crippen LogP contribution in [0.3, 0.4) is 0 Å². The summed E-state index contributed by atoms with van der Waals surface area (Å²) in [5.41, 5.74) is 1.32. The molecule has 2 heterocycles. The van der Waals surface area contributed by atoms with Gasteiger partial charge in [-0.2, -0.15) is 5.10 Å². The van der Waals surface area contributed by atoms with Crippen LogP contribution < -0.4 is 10.6 Å². The lowest BCUT2D eigenvalue weighted by molar-refractivity contribution is 0.102. The Hall–Kier alpha value is -4.04. The molecule has 2 aromatic carbocycles. The van der Waals surface area contributed by atoms with Crippen LogP contribution >= 0.6 is 11.6 Å². The number of para-hydroxylation sites is 1. The summed E-state index contributed by atoms with van der Waals surface area (Å²) in [5, 5.41) is 10.0. The zero-order chi connectivity index (χ0) is 21.8. The topological polar surface area (TPSA) is 88.9 Å². The molecule has 7 nitrogen and oxygen atoms in total. The molecule has 0 aliphatic carbocycles. The van der Waals surface area contributed by atoms with Crippen LogP contribution in [0.25, 0.3) is 5.69 Å². The van der Waals surface area contributed by atoms with E-state index in [4.69, 9.17) is 11.6 Å². The van der Waals surface area contributed by atoms with E-state index in [0.717, 1.165) is 0 Å². The lowest BCUT2D eigenvalue weighted by Crippen LogP contribution is -2.19. The van der Waals surface area contributed by atoms with Gasteiger partial charge in [-0.15, -0.1) is 0 Å². The molecule has 0 saturated carbocycles. The van der Waals surface area contributed by atoms with Gasteiger partial charge in [0.1, 0.15) is 11.6 Å². The average Bonchev–Trinajstić information content (AvgIpc) is 3.27. The van der Waals surface area contributed by atoms with E-state index in [-0.39, 0.29) is 17.1 Å². The molecule has 0 saturated heterocycles. The highest BCUT2D eigenvalue weighted by molar-refractivity contribution is 6.30.